The Labute approximate surface area is 122 Å². The zero-order valence-electron chi connectivity index (χ0n) is 12.9. The standard InChI is InChI=1S/C15H29N3O2/c1-3-17-9-5-6-13(7-10-17)18-11-8-16-12-14(18)15(19)20-4-2/h13-14,16H,3-12H2,1-2H3. The number of rotatable bonds is 4. The fourth-order valence-corrected chi connectivity index (χ4v) is 3.40. The molecule has 5 nitrogen and oxygen atoms in total. The first kappa shape index (κ1) is 15.7. The lowest BCUT2D eigenvalue weighted by atomic mass is 10.0. The van der Waals surface area contributed by atoms with Crippen LogP contribution in [0.25, 0.3) is 0 Å². The molecule has 2 fully saturated rings. The zero-order valence-corrected chi connectivity index (χ0v) is 12.9. The largest absolute Gasteiger partial charge is 0.465 e. The number of nitrogens with zero attached hydrogens (tertiary/aromatic N) is 2. The van der Waals surface area contributed by atoms with Crippen molar-refractivity contribution in [1.29, 1.82) is 0 Å². The van der Waals surface area contributed by atoms with E-state index >= 15 is 0 Å². The second-order valence-corrected chi connectivity index (χ2v) is 5.73. The Morgan fingerprint density at radius 3 is 2.85 bits per heavy atom. The van der Waals surface area contributed by atoms with E-state index in [4.69, 9.17) is 4.74 Å². The molecular formula is C15H29N3O2. The van der Waals surface area contributed by atoms with E-state index in [1.54, 1.807) is 0 Å². The number of piperazine rings is 1. The normalized spacial score (nSPS) is 29.9. The third-order valence-electron chi connectivity index (χ3n) is 4.55. The first-order chi connectivity index (χ1) is 9.76. The van der Waals surface area contributed by atoms with E-state index in [1.165, 1.54) is 25.8 Å². The van der Waals surface area contributed by atoms with Gasteiger partial charge in [-0.2, -0.15) is 0 Å². The number of esters is 1. The first-order valence-electron chi connectivity index (χ1n) is 8.11. The van der Waals surface area contributed by atoms with Gasteiger partial charge < -0.3 is 15.0 Å². The van der Waals surface area contributed by atoms with Gasteiger partial charge in [0.1, 0.15) is 6.04 Å². The molecule has 20 heavy (non-hydrogen) atoms. The third kappa shape index (κ3) is 3.93. The van der Waals surface area contributed by atoms with Gasteiger partial charge in [0.25, 0.3) is 0 Å². The fraction of sp³-hybridized carbons (Fsp3) is 0.933. The molecule has 0 aromatic heterocycles. The van der Waals surface area contributed by atoms with Gasteiger partial charge in [0.15, 0.2) is 0 Å². The average molecular weight is 283 g/mol. The van der Waals surface area contributed by atoms with E-state index in [0.717, 1.165) is 32.7 Å². The van der Waals surface area contributed by atoms with Gasteiger partial charge in [-0.3, -0.25) is 9.69 Å². The number of carbonyl (C=O) groups excluding carboxylic acids is 1. The van der Waals surface area contributed by atoms with E-state index in [-0.39, 0.29) is 12.0 Å². The number of likely N-dealkylation sites (tertiary alicyclic amines) is 1. The smallest absolute Gasteiger partial charge is 0.324 e. The van der Waals surface area contributed by atoms with Crippen LogP contribution in [0, 0.1) is 0 Å². The molecule has 0 bridgehead atoms. The third-order valence-corrected chi connectivity index (χ3v) is 4.55. The molecule has 1 N–H and O–H groups in total. The van der Waals surface area contributed by atoms with Gasteiger partial charge in [-0.25, -0.2) is 0 Å². The maximum absolute atomic E-state index is 12.1. The summed E-state index contributed by atoms with van der Waals surface area (Å²) in [4.78, 5) is 17.1. The number of ether oxygens (including phenoxy) is 1. The highest BCUT2D eigenvalue weighted by Gasteiger charge is 2.34. The average Bonchev–Trinajstić information content (AvgIpc) is 2.73. The van der Waals surface area contributed by atoms with Gasteiger partial charge >= 0.3 is 5.97 Å². The summed E-state index contributed by atoms with van der Waals surface area (Å²) in [5, 5.41) is 3.33. The van der Waals surface area contributed by atoms with Crippen LogP contribution in [0.15, 0.2) is 0 Å². The minimum absolute atomic E-state index is 0.0590. The van der Waals surface area contributed by atoms with Crippen molar-refractivity contribution >= 4 is 5.97 Å². The Hall–Kier alpha value is -0.650. The van der Waals surface area contributed by atoms with Crippen molar-refractivity contribution in [3.8, 4) is 0 Å². The first-order valence-corrected chi connectivity index (χ1v) is 8.11. The van der Waals surface area contributed by atoms with Gasteiger partial charge in [0, 0.05) is 25.7 Å². The van der Waals surface area contributed by atoms with Gasteiger partial charge in [-0.05, 0) is 45.8 Å². The highest BCUT2D eigenvalue weighted by molar-refractivity contribution is 5.76. The van der Waals surface area contributed by atoms with Crippen LogP contribution < -0.4 is 5.32 Å². The Bertz CT molecular complexity index is 311. The lowest BCUT2D eigenvalue weighted by Gasteiger charge is -2.39. The molecule has 2 heterocycles. The number of nitrogens with one attached hydrogen (secondary N) is 1. The van der Waals surface area contributed by atoms with E-state index < -0.39 is 0 Å². The van der Waals surface area contributed by atoms with Crippen LogP contribution in [-0.2, 0) is 9.53 Å². The minimum atomic E-state index is -0.0955. The second-order valence-electron chi connectivity index (χ2n) is 5.73. The van der Waals surface area contributed by atoms with Crippen molar-refractivity contribution in [2.45, 2.75) is 45.2 Å². The molecule has 116 valence electrons. The van der Waals surface area contributed by atoms with E-state index in [2.05, 4.69) is 22.0 Å². The summed E-state index contributed by atoms with van der Waals surface area (Å²) in [5.41, 5.74) is 0. The Balaban J connectivity index is 1.98. The zero-order chi connectivity index (χ0) is 14.4. The lowest BCUT2D eigenvalue weighted by molar-refractivity contribution is -0.151. The van der Waals surface area contributed by atoms with Crippen LogP contribution in [0.4, 0.5) is 0 Å². The second kappa shape index (κ2) is 7.96. The van der Waals surface area contributed by atoms with Crippen LogP contribution in [0.1, 0.15) is 33.1 Å². The molecule has 0 aromatic carbocycles. The molecule has 0 aliphatic carbocycles. The van der Waals surface area contributed by atoms with Crippen LogP contribution in [0.3, 0.4) is 0 Å². The summed E-state index contributed by atoms with van der Waals surface area (Å²) < 4.78 is 5.24. The molecule has 2 atom stereocenters. The molecule has 0 saturated carbocycles. The molecule has 2 aliphatic heterocycles. The quantitative estimate of drug-likeness (QED) is 0.770. The van der Waals surface area contributed by atoms with Crippen molar-refractivity contribution in [2.75, 3.05) is 45.9 Å². The van der Waals surface area contributed by atoms with Crippen molar-refractivity contribution in [3.63, 3.8) is 0 Å². The number of hydrogen-bond donors (Lipinski definition) is 1. The van der Waals surface area contributed by atoms with Crippen molar-refractivity contribution < 1.29 is 9.53 Å². The molecule has 2 rings (SSSR count). The van der Waals surface area contributed by atoms with E-state index in [0.29, 0.717) is 12.6 Å². The Morgan fingerprint density at radius 1 is 1.25 bits per heavy atom. The fourth-order valence-electron chi connectivity index (χ4n) is 3.40. The van der Waals surface area contributed by atoms with Crippen LogP contribution >= 0.6 is 0 Å². The predicted molar refractivity (Wildman–Crippen MR) is 79.7 cm³/mol. The van der Waals surface area contributed by atoms with Gasteiger partial charge in [0.05, 0.1) is 6.61 Å². The van der Waals surface area contributed by atoms with Crippen molar-refractivity contribution in [1.82, 2.24) is 15.1 Å². The highest BCUT2D eigenvalue weighted by atomic mass is 16.5. The molecule has 0 aromatic rings. The molecule has 0 spiro atoms. The molecule has 2 aliphatic rings. The van der Waals surface area contributed by atoms with Gasteiger partial charge in [-0.1, -0.05) is 6.92 Å². The summed E-state index contributed by atoms with van der Waals surface area (Å²) in [6, 6.07) is 0.435. The van der Waals surface area contributed by atoms with Crippen molar-refractivity contribution in [2.24, 2.45) is 0 Å². The molecule has 2 unspecified atom stereocenters. The monoisotopic (exact) mass is 283 g/mol. The summed E-state index contributed by atoms with van der Waals surface area (Å²) in [6.45, 7) is 10.7. The predicted octanol–water partition coefficient (Wildman–Crippen LogP) is 0.698. The lowest BCUT2D eigenvalue weighted by Crippen LogP contribution is -2.58. The molecule has 0 radical (unpaired) electrons. The molecule has 5 heteroatoms. The van der Waals surface area contributed by atoms with Crippen molar-refractivity contribution in [3.05, 3.63) is 0 Å². The van der Waals surface area contributed by atoms with E-state index in [9.17, 15) is 4.79 Å². The molecule has 0 amide bonds. The summed E-state index contributed by atoms with van der Waals surface area (Å²) >= 11 is 0. The molecule has 2 saturated heterocycles. The summed E-state index contributed by atoms with van der Waals surface area (Å²) in [6.07, 6.45) is 3.61. The van der Waals surface area contributed by atoms with Gasteiger partial charge in [0.2, 0.25) is 0 Å². The highest BCUT2D eigenvalue weighted by Crippen LogP contribution is 2.20. The number of carbonyl (C=O) groups is 1. The van der Waals surface area contributed by atoms with Gasteiger partial charge in [-0.15, -0.1) is 0 Å². The maximum Gasteiger partial charge on any atom is 0.324 e. The topological polar surface area (TPSA) is 44.8 Å². The van der Waals surface area contributed by atoms with Crippen LogP contribution in [-0.4, -0.2) is 73.7 Å². The minimum Gasteiger partial charge on any atom is -0.465 e. The number of hydrogen-bond acceptors (Lipinski definition) is 5. The van der Waals surface area contributed by atoms with Crippen LogP contribution in [0.5, 0.6) is 0 Å². The Kier molecular flexibility index (Phi) is 6.26. The summed E-state index contributed by atoms with van der Waals surface area (Å²) in [7, 11) is 0. The molecular weight excluding hydrogens is 254 g/mol. The van der Waals surface area contributed by atoms with Crippen LogP contribution in [0.2, 0.25) is 0 Å². The van der Waals surface area contributed by atoms with E-state index in [1.807, 2.05) is 6.92 Å². The Morgan fingerprint density at radius 2 is 2.10 bits per heavy atom. The SMILES string of the molecule is CCOC(=O)C1CNCCN1C1CCCN(CC)CC1. The summed E-state index contributed by atoms with van der Waals surface area (Å²) in [5.74, 6) is -0.0590. The maximum atomic E-state index is 12.1.